The van der Waals surface area contributed by atoms with E-state index in [1.165, 1.54) is 0 Å². The molecule has 0 aromatic heterocycles. The highest BCUT2D eigenvalue weighted by molar-refractivity contribution is 5.81. The minimum absolute atomic E-state index is 0.221. The summed E-state index contributed by atoms with van der Waals surface area (Å²) in [6, 6.07) is 7.21. The maximum atomic E-state index is 10.8. The van der Waals surface area contributed by atoms with Crippen LogP contribution in [-0.4, -0.2) is 23.1 Å². The first-order chi connectivity index (χ1) is 7.09. The molecule has 0 saturated carbocycles. The number of rotatable bonds is 4. The molecule has 0 fully saturated rings. The van der Waals surface area contributed by atoms with E-state index in [2.05, 4.69) is 5.32 Å². The van der Waals surface area contributed by atoms with Crippen LogP contribution in [0.2, 0.25) is 0 Å². The lowest BCUT2D eigenvalue weighted by molar-refractivity contribution is -0.139. The Kier molecular flexibility index (Phi) is 3.68. The van der Waals surface area contributed by atoms with Crippen LogP contribution < -0.4 is 11.1 Å². The molecule has 0 unspecified atom stereocenters. The molecule has 0 saturated heterocycles. The fourth-order valence-electron chi connectivity index (χ4n) is 1.22. The highest BCUT2D eigenvalue weighted by Crippen LogP contribution is 2.03. The molecule has 1 aromatic carbocycles. The zero-order valence-corrected chi connectivity index (χ0v) is 8.01. The molecule has 0 aliphatic heterocycles. The number of carboxylic acid groups (broad SMARTS) is 1. The van der Waals surface area contributed by atoms with Crippen LogP contribution in [0, 0.1) is 0 Å². The summed E-state index contributed by atoms with van der Waals surface area (Å²) in [7, 11) is 0. The Morgan fingerprint density at radius 2 is 1.93 bits per heavy atom. The van der Waals surface area contributed by atoms with Gasteiger partial charge in [-0.25, -0.2) is 9.59 Å². The van der Waals surface area contributed by atoms with E-state index >= 15 is 0 Å². The van der Waals surface area contributed by atoms with Gasteiger partial charge in [0.1, 0.15) is 6.04 Å². The zero-order valence-electron chi connectivity index (χ0n) is 8.01. The van der Waals surface area contributed by atoms with Crippen molar-refractivity contribution in [3.8, 4) is 0 Å². The summed E-state index contributed by atoms with van der Waals surface area (Å²) in [6.45, 7) is 0. The monoisotopic (exact) mass is 208 g/mol. The average molecular weight is 208 g/mol. The topological polar surface area (TPSA) is 92.4 Å². The Bertz CT molecular complexity index is 351. The van der Waals surface area contributed by atoms with Crippen LogP contribution in [-0.2, 0) is 11.2 Å². The van der Waals surface area contributed by atoms with Gasteiger partial charge in [-0.05, 0) is 5.56 Å². The van der Waals surface area contributed by atoms with Crippen LogP contribution in [0.15, 0.2) is 30.3 Å². The maximum absolute atomic E-state index is 10.8. The Morgan fingerprint density at radius 3 is 2.40 bits per heavy atom. The van der Waals surface area contributed by atoms with Gasteiger partial charge in [0.15, 0.2) is 0 Å². The van der Waals surface area contributed by atoms with Gasteiger partial charge in [-0.3, -0.25) is 0 Å². The summed E-state index contributed by atoms with van der Waals surface area (Å²) in [5, 5.41) is 11.0. The second kappa shape index (κ2) is 4.99. The van der Waals surface area contributed by atoms with Crippen molar-refractivity contribution >= 4 is 12.0 Å². The predicted octanol–water partition coefficient (Wildman–Crippen LogP) is 0.351. The number of nitrogens with one attached hydrogen (secondary N) is 1. The molecule has 2 amide bonds. The summed E-state index contributed by atoms with van der Waals surface area (Å²) in [5.74, 6) is -1.10. The van der Waals surface area contributed by atoms with Gasteiger partial charge >= 0.3 is 12.0 Å². The summed E-state index contributed by atoms with van der Waals surface area (Å²) < 4.78 is 0. The van der Waals surface area contributed by atoms with E-state index in [4.69, 9.17) is 10.8 Å². The Balaban J connectivity index is 2.67. The van der Waals surface area contributed by atoms with Crippen molar-refractivity contribution in [2.75, 3.05) is 0 Å². The number of carbonyl (C=O) groups is 2. The third-order valence-electron chi connectivity index (χ3n) is 1.90. The molecule has 0 spiro atoms. The first-order valence-electron chi connectivity index (χ1n) is 4.42. The molecule has 1 atom stereocenters. The molecular formula is C10H12N2O3. The third kappa shape index (κ3) is 3.68. The van der Waals surface area contributed by atoms with Gasteiger partial charge in [0, 0.05) is 6.42 Å². The molecule has 0 radical (unpaired) electrons. The number of hydrogen-bond acceptors (Lipinski definition) is 2. The van der Waals surface area contributed by atoms with Gasteiger partial charge in [-0.2, -0.15) is 0 Å². The molecule has 4 N–H and O–H groups in total. The molecule has 1 rings (SSSR count). The molecule has 0 aliphatic carbocycles. The second-order valence-electron chi connectivity index (χ2n) is 3.09. The summed E-state index contributed by atoms with van der Waals surface area (Å²) >= 11 is 0. The van der Waals surface area contributed by atoms with E-state index in [9.17, 15) is 9.59 Å². The summed E-state index contributed by atoms with van der Waals surface area (Å²) in [5.41, 5.74) is 5.70. The van der Waals surface area contributed by atoms with Gasteiger partial charge in [0.05, 0.1) is 0 Å². The van der Waals surface area contributed by atoms with E-state index < -0.39 is 18.0 Å². The summed E-state index contributed by atoms with van der Waals surface area (Å²) in [6.07, 6.45) is 0.221. The van der Waals surface area contributed by atoms with Crippen molar-refractivity contribution in [2.24, 2.45) is 5.73 Å². The van der Waals surface area contributed by atoms with Crippen molar-refractivity contribution in [1.82, 2.24) is 5.32 Å². The number of nitrogens with two attached hydrogens (primary N) is 1. The molecule has 1 aromatic rings. The van der Waals surface area contributed by atoms with Crippen LogP contribution >= 0.6 is 0 Å². The smallest absolute Gasteiger partial charge is 0.326 e. The van der Waals surface area contributed by atoms with Gasteiger partial charge in [-0.15, -0.1) is 0 Å². The molecule has 5 heteroatoms. The quantitative estimate of drug-likeness (QED) is 0.666. The van der Waals surface area contributed by atoms with Gasteiger partial charge in [0.2, 0.25) is 0 Å². The number of hydrogen-bond donors (Lipinski definition) is 3. The van der Waals surface area contributed by atoms with Gasteiger partial charge in [-0.1, -0.05) is 30.3 Å². The Morgan fingerprint density at radius 1 is 1.33 bits per heavy atom. The Labute approximate surface area is 86.9 Å². The minimum atomic E-state index is -1.10. The second-order valence-corrected chi connectivity index (χ2v) is 3.09. The van der Waals surface area contributed by atoms with Crippen molar-refractivity contribution in [2.45, 2.75) is 12.5 Å². The van der Waals surface area contributed by atoms with Crippen LogP contribution in [0.3, 0.4) is 0 Å². The predicted molar refractivity (Wildman–Crippen MR) is 54.3 cm³/mol. The molecule has 5 nitrogen and oxygen atoms in total. The number of amides is 2. The van der Waals surface area contributed by atoms with E-state index in [1.54, 1.807) is 24.3 Å². The normalized spacial score (nSPS) is 11.7. The number of urea groups is 1. The molecule has 0 aliphatic rings. The molecule has 0 heterocycles. The fraction of sp³-hybridized carbons (Fsp3) is 0.200. The van der Waals surface area contributed by atoms with Crippen molar-refractivity contribution in [3.63, 3.8) is 0 Å². The number of aliphatic carboxylic acids is 1. The standard InChI is InChI=1S/C10H12N2O3/c11-10(15)12-8(9(13)14)6-7-4-2-1-3-5-7/h1-5,8H,6H2,(H,13,14)(H3,11,12,15)/t8-/m0/s1. The van der Waals surface area contributed by atoms with E-state index in [0.717, 1.165) is 5.56 Å². The van der Waals surface area contributed by atoms with Crippen LogP contribution in [0.5, 0.6) is 0 Å². The lowest BCUT2D eigenvalue weighted by Gasteiger charge is -2.12. The largest absolute Gasteiger partial charge is 0.480 e. The molecular weight excluding hydrogens is 196 g/mol. The molecule has 0 bridgehead atoms. The number of benzene rings is 1. The maximum Gasteiger partial charge on any atom is 0.326 e. The zero-order chi connectivity index (χ0) is 11.3. The highest BCUT2D eigenvalue weighted by atomic mass is 16.4. The lowest BCUT2D eigenvalue weighted by atomic mass is 10.1. The average Bonchev–Trinajstić information content (AvgIpc) is 2.17. The first-order valence-corrected chi connectivity index (χ1v) is 4.42. The van der Waals surface area contributed by atoms with Crippen molar-refractivity contribution < 1.29 is 14.7 Å². The number of primary amides is 1. The van der Waals surface area contributed by atoms with Crippen LogP contribution in [0.4, 0.5) is 4.79 Å². The highest BCUT2D eigenvalue weighted by Gasteiger charge is 2.18. The number of carbonyl (C=O) groups excluding carboxylic acids is 1. The van der Waals surface area contributed by atoms with E-state index in [1.807, 2.05) is 6.07 Å². The van der Waals surface area contributed by atoms with Crippen molar-refractivity contribution in [1.29, 1.82) is 0 Å². The minimum Gasteiger partial charge on any atom is -0.480 e. The van der Waals surface area contributed by atoms with E-state index in [-0.39, 0.29) is 6.42 Å². The van der Waals surface area contributed by atoms with Gasteiger partial charge in [0.25, 0.3) is 0 Å². The van der Waals surface area contributed by atoms with Crippen LogP contribution in [0.1, 0.15) is 5.56 Å². The first kappa shape index (κ1) is 11.0. The Hall–Kier alpha value is -2.04. The molecule has 15 heavy (non-hydrogen) atoms. The summed E-state index contributed by atoms with van der Waals surface area (Å²) in [4.78, 5) is 21.3. The number of carboxylic acids is 1. The van der Waals surface area contributed by atoms with Crippen LogP contribution in [0.25, 0.3) is 0 Å². The third-order valence-corrected chi connectivity index (χ3v) is 1.90. The SMILES string of the molecule is NC(=O)N[C@@H](Cc1ccccc1)C(=O)O. The van der Waals surface area contributed by atoms with Crippen molar-refractivity contribution in [3.05, 3.63) is 35.9 Å². The lowest BCUT2D eigenvalue weighted by Crippen LogP contribution is -2.44. The van der Waals surface area contributed by atoms with Gasteiger partial charge < -0.3 is 16.2 Å². The van der Waals surface area contributed by atoms with E-state index in [0.29, 0.717) is 0 Å². The molecule has 80 valence electrons. The fourth-order valence-corrected chi connectivity index (χ4v) is 1.22.